The van der Waals surface area contributed by atoms with Gasteiger partial charge >= 0.3 is 0 Å². The zero-order valence-corrected chi connectivity index (χ0v) is 9.27. The second-order valence-corrected chi connectivity index (χ2v) is 4.57. The molecule has 0 bridgehead atoms. The Hall–Kier alpha value is -1.14. The number of β-lactam (4-membered cyclic amide) rings is 1. The van der Waals surface area contributed by atoms with Crippen molar-refractivity contribution in [3.05, 3.63) is 0 Å². The van der Waals surface area contributed by atoms with Gasteiger partial charge in [0.1, 0.15) is 11.6 Å². The van der Waals surface area contributed by atoms with Crippen molar-refractivity contribution in [3.63, 3.8) is 0 Å². The van der Waals surface area contributed by atoms with E-state index in [4.69, 9.17) is 5.73 Å². The molecular formula is C10H17N3O3. The molecule has 0 unspecified atom stereocenters. The van der Waals surface area contributed by atoms with Crippen molar-refractivity contribution in [1.82, 2.24) is 10.2 Å². The summed E-state index contributed by atoms with van der Waals surface area (Å²) in [5.41, 5.74) is 4.94. The van der Waals surface area contributed by atoms with Crippen molar-refractivity contribution < 1.29 is 14.7 Å². The Bertz CT molecular complexity index is 331. The monoisotopic (exact) mass is 227 g/mol. The molecule has 0 aromatic heterocycles. The number of carbonyl (C=O) groups excluding carboxylic acids is 2. The molecule has 3 atom stereocenters. The van der Waals surface area contributed by atoms with Gasteiger partial charge in [-0.3, -0.25) is 9.59 Å². The molecule has 2 aliphatic rings. The highest BCUT2D eigenvalue weighted by Crippen LogP contribution is 2.34. The van der Waals surface area contributed by atoms with Crippen molar-refractivity contribution in [2.75, 3.05) is 13.1 Å². The lowest BCUT2D eigenvalue weighted by molar-refractivity contribution is -0.153. The molecule has 90 valence electrons. The molecule has 6 heteroatoms. The minimum Gasteiger partial charge on any atom is -0.391 e. The molecule has 16 heavy (non-hydrogen) atoms. The number of aliphatic hydroxyl groups excluding tert-OH is 1. The maximum absolute atomic E-state index is 12.0. The van der Waals surface area contributed by atoms with Crippen LogP contribution in [0.3, 0.4) is 0 Å². The molecule has 2 heterocycles. The minimum atomic E-state index is -0.941. The largest absolute Gasteiger partial charge is 0.391 e. The molecule has 2 amide bonds. The van der Waals surface area contributed by atoms with Crippen LogP contribution in [-0.2, 0) is 9.59 Å². The molecule has 2 fully saturated rings. The molecule has 0 aliphatic carbocycles. The number of rotatable bonds is 2. The lowest BCUT2D eigenvalue weighted by atomic mass is 9.87. The molecule has 2 rings (SSSR count). The Morgan fingerprint density at radius 1 is 1.69 bits per heavy atom. The Morgan fingerprint density at radius 2 is 2.38 bits per heavy atom. The van der Waals surface area contributed by atoms with Crippen LogP contribution < -0.4 is 11.1 Å². The number of hydrogen-bond donors (Lipinski definition) is 3. The number of nitrogens with two attached hydrogens (primary N) is 1. The van der Waals surface area contributed by atoms with Gasteiger partial charge in [-0.25, -0.2) is 0 Å². The summed E-state index contributed by atoms with van der Waals surface area (Å²) in [4.78, 5) is 25.1. The van der Waals surface area contributed by atoms with Crippen LogP contribution in [0.25, 0.3) is 0 Å². The van der Waals surface area contributed by atoms with Crippen LogP contribution in [0.2, 0.25) is 0 Å². The van der Waals surface area contributed by atoms with Gasteiger partial charge < -0.3 is 21.1 Å². The summed E-state index contributed by atoms with van der Waals surface area (Å²) in [5.74, 6) is -0.432. The molecule has 0 radical (unpaired) electrons. The Labute approximate surface area is 93.8 Å². The van der Waals surface area contributed by atoms with Crippen LogP contribution in [0.1, 0.15) is 19.8 Å². The summed E-state index contributed by atoms with van der Waals surface area (Å²) in [6, 6.07) is -0.941. The van der Waals surface area contributed by atoms with E-state index in [2.05, 4.69) is 5.32 Å². The smallest absolute Gasteiger partial charge is 0.247 e. The number of hydrogen-bond acceptors (Lipinski definition) is 4. The Morgan fingerprint density at radius 3 is 2.81 bits per heavy atom. The van der Waals surface area contributed by atoms with Gasteiger partial charge in [0.25, 0.3) is 0 Å². The van der Waals surface area contributed by atoms with E-state index in [9.17, 15) is 14.7 Å². The molecule has 1 spiro atoms. The fraction of sp³-hybridized carbons (Fsp3) is 0.800. The Balaban J connectivity index is 2.15. The van der Waals surface area contributed by atoms with E-state index in [-0.39, 0.29) is 11.8 Å². The van der Waals surface area contributed by atoms with Gasteiger partial charge in [0.15, 0.2) is 0 Å². The quantitative estimate of drug-likeness (QED) is 0.484. The summed E-state index contributed by atoms with van der Waals surface area (Å²) in [6.45, 7) is 2.53. The molecule has 2 saturated heterocycles. The normalized spacial score (nSPS) is 32.2. The van der Waals surface area contributed by atoms with Crippen LogP contribution in [0, 0.1) is 0 Å². The third-order valence-electron chi connectivity index (χ3n) is 3.52. The average Bonchev–Trinajstić information content (AvgIpc) is 2.71. The second-order valence-electron chi connectivity index (χ2n) is 4.57. The maximum atomic E-state index is 12.0. The summed E-state index contributed by atoms with van der Waals surface area (Å²) in [5, 5.41) is 12.0. The van der Waals surface area contributed by atoms with Crippen molar-refractivity contribution in [1.29, 1.82) is 0 Å². The summed E-state index contributed by atoms with van der Waals surface area (Å²) in [6.07, 6.45) is 0.608. The van der Waals surface area contributed by atoms with Crippen LogP contribution in [0.4, 0.5) is 0 Å². The van der Waals surface area contributed by atoms with Gasteiger partial charge in [-0.05, 0) is 19.8 Å². The Kier molecular flexibility index (Phi) is 2.63. The van der Waals surface area contributed by atoms with Gasteiger partial charge in [0.05, 0.1) is 6.10 Å². The minimum absolute atomic E-state index is 0.101. The van der Waals surface area contributed by atoms with Gasteiger partial charge in [-0.15, -0.1) is 0 Å². The second kappa shape index (κ2) is 3.71. The van der Waals surface area contributed by atoms with Crippen molar-refractivity contribution >= 4 is 11.8 Å². The fourth-order valence-electron chi connectivity index (χ4n) is 2.37. The highest BCUT2D eigenvalue weighted by molar-refractivity contribution is 5.98. The third-order valence-corrected chi connectivity index (χ3v) is 3.52. The maximum Gasteiger partial charge on any atom is 0.247 e. The first-order valence-electron chi connectivity index (χ1n) is 5.52. The predicted octanol–water partition coefficient (Wildman–Crippen LogP) is -1.81. The summed E-state index contributed by atoms with van der Waals surface area (Å²) in [7, 11) is 0. The van der Waals surface area contributed by atoms with Gasteiger partial charge in [0.2, 0.25) is 11.8 Å². The van der Waals surface area contributed by atoms with E-state index in [1.165, 1.54) is 11.8 Å². The van der Waals surface area contributed by atoms with Gasteiger partial charge in [0, 0.05) is 13.1 Å². The summed E-state index contributed by atoms with van der Waals surface area (Å²) >= 11 is 0. The first-order chi connectivity index (χ1) is 7.49. The molecule has 6 nitrogen and oxygen atoms in total. The third kappa shape index (κ3) is 1.41. The number of aliphatic hydroxyl groups is 1. The van der Waals surface area contributed by atoms with E-state index in [0.29, 0.717) is 19.5 Å². The zero-order valence-electron chi connectivity index (χ0n) is 9.27. The van der Waals surface area contributed by atoms with Gasteiger partial charge in [-0.2, -0.15) is 0 Å². The molecule has 0 aromatic carbocycles. The van der Waals surface area contributed by atoms with E-state index >= 15 is 0 Å². The van der Waals surface area contributed by atoms with E-state index in [1.807, 2.05) is 0 Å². The highest BCUT2D eigenvalue weighted by Gasteiger charge is 2.56. The molecule has 0 aromatic rings. The first kappa shape index (κ1) is 11.3. The molecule has 4 N–H and O–H groups in total. The number of nitrogens with one attached hydrogen (secondary N) is 1. The van der Waals surface area contributed by atoms with E-state index in [0.717, 1.165) is 6.42 Å². The average molecular weight is 227 g/mol. The first-order valence-corrected chi connectivity index (χ1v) is 5.52. The van der Waals surface area contributed by atoms with E-state index < -0.39 is 17.7 Å². The lowest BCUT2D eigenvalue weighted by Crippen LogP contribution is -2.73. The number of carbonyl (C=O) groups is 2. The van der Waals surface area contributed by atoms with Crippen LogP contribution >= 0.6 is 0 Å². The fourth-order valence-corrected chi connectivity index (χ4v) is 2.37. The SMILES string of the molecule is C[C@H](O)[C@H](N)C(=O)N1CCC[C@]12CNC2=O. The van der Waals surface area contributed by atoms with E-state index in [1.54, 1.807) is 0 Å². The number of nitrogens with zero attached hydrogens (tertiary/aromatic N) is 1. The summed E-state index contributed by atoms with van der Waals surface area (Å²) < 4.78 is 0. The van der Waals surface area contributed by atoms with Crippen molar-refractivity contribution in [2.45, 2.75) is 37.5 Å². The highest BCUT2D eigenvalue weighted by atomic mass is 16.3. The molecular weight excluding hydrogens is 210 g/mol. The van der Waals surface area contributed by atoms with Crippen LogP contribution in [0.5, 0.6) is 0 Å². The van der Waals surface area contributed by atoms with Crippen molar-refractivity contribution in [2.24, 2.45) is 5.73 Å². The van der Waals surface area contributed by atoms with Crippen molar-refractivity contribution in [3.8, 4) is 0 Å². The van der Waals surface area contributed by atoms with Crippen LogP contribution in [-0.4, -0.2) is 52.6 Å². The molecule has 2 aliphatic heterocycles. The standard InChI is InChI=1S/C10H17N3O3/c1-6(14)7(11)8(15)13-4-2-3-10(13)5-12-9(10)16/h6-7,14H,2-5,11H2,1H3,(H,12,16)/t6-,7-,10+/m0/s1. The zero-order chi connectivity index (χ0) is 11.9. The predicted molar refractivity (Wildman–Crippen MR) is 56.3 cm³/mol. The topological polar surface area (TPSA) is 95.7 Å². The number of likely N-dealkylation sites (tertiary alicyclic amines) is 1. The number of amides is 2. The van der Waals surface area contributed by atoms with Crippen LogP contribution in [0.15, 0.2) is 0 Å². The molecule has 0 saturated carbocycles. The lowest BCUT2D eigenvalue weighted by Gasteiger charge is -2.45. The van der Waals surface area contributed by atoms with Gasteiger partial charge in [-0.1, -0.05) is 0 Å².